The smallest absolute Gasteiger partial charge is 0.142 e. The first-order chi connectivity index (χ1) is 6.65. The van der Waals surface area contributed by atoms with Crippen LogP contribution >= 0.6 is 11.6 Å². The van der Waals surface area contributed by atoms with Crippen LogP contribution in [0.5, 0.6) is 0 Å². The fourth-order valence-electron chi connectivity index (χ4n) is 1.08. The zero-order valence-corrected chi connectivity index (χ0v) is 8.95. The van der Waals surface area contributed by atoms with Crippen molar-refractivity contribution in [2.75, 3.05) is 19.0 Å². The molecule has 0 bridgehead atoms. The van der Waals surface area contributed by atoms with Crippen molar-refractivity contribution < 1.29 is 4.79 Å². The Balaban J connectivity index is 3.08. The first kappa shape index (κ1) is 10.8. The standard InChI is InChI=1S/C11H12ClNO/c1-13(2)10-5-6-11(12)9(8-10)4-3-7-14/h3-8H,1-2H3. The van der Waals surface area contributed by atoms with Crippen molar-refractivity contribution in [3.05, 3.63) is 34.9 Å². The van der Waals surface area contributed by atoms with E-state index in [1.165, 1.54) is 6.08 Å². The number of rotatable bonds is 3. The summed E-state index contributed by atoms with van der Waals surface area (Å²) in [5.74, 6) is 0. The van der Waals surface area contributed by atoms with Crippen molar-refractivity contribution in [1.29, 1.82) is 0 Å². The summed E-state index contributed by atoms with van der Waals surface area (Å²) < 4.78 is 0. The predicted molar refractivity (Wildman–Crippen MR) is 60.9 cm³/mol. The van der Waals surface area contributed by atoms with Gasteiger partial charge in [-0.15, -0.1) is 0 Å². The van der Waals surface area contributed by atoms with Gasteiger partial charge in [-0.25, -0.2) is 0 Å². The van der Waals surface area contributed by atoms with Crippen molar-refractivity contribution >= 4 is 29.7 Å². The van der Waals surface area contributed by atoms with E-state index < -0.39 is 0 Å². The lowest BCUT2D eigenvalue weighted by atomic mass is 10.2. The van der Waals surface area contributed by atoms with Crippen LogP contribution in [0.15, 0.2) is 24.3 Å². The number of hydrogen-bond donors (Lipinski definition) is 0. The van der Waals surface area contributed by atoms with Gasteiger partial charge in [0.1, 0.15) is 6.29 Å². The summed E-state index contributed by atoms with van der Waals surface area (Å²) in [7, 11) is 3.91. The van der Waals surface area contributed by atoms with Crippen molar-refractivity contribution in [1.82, 2.24) is 0 Å². The maximum atomic E-state index is 10.2. The van der Waals surface area contributed by atoms with Crippen molar-refractivity contribution in [2.24, 2.45) is 0 Å². The molecule has 0 aliphatic rings. The zero-order valence-electron chi connectivity index (χ0n) is 8.20. The largest absolute Gasteiger partial charge is 0.378 e. The molecule has 1 aromatic carbocycles. The summed E-state index contributed by atoms with van der Waals surface area (Å²) in [5, 5.41) is 0.647. The molecule has 0 saturated heterocycles. The van der Waals surface area contributed by atoms with E-state index in [2.05, 4.69) is 0 Å². The fraction of sp³-hybridized carbons (Fsp3) is 0.182. The van der Waals surface area contributed by atoms with Crippen LogP contribution in [0.4, 0.5) is 5.69 Å². The highest BCUT2D eigenvalue weighted by molar-refractivity contribution is 6.32. The molecule has 0 atom stereocenters. The monoisotopic (exact) mass is 209 g/mol. The Morgan fingerprint density at radius 1 is 1.36 bits per heavy atom. The molecule has 0 aliphatic heterocycles. The van der Waals surface area contributed by atoms with Crippen LogP contribution in [-0.4, -0.2) is 20.4 Å². The van der Waals surface area contributed by atoms with E-state index >= 15 is 0 Å². The molecule has 2 nitrogen and oxygen atoms in total. The third-order valence-electron chi connectivity index (χ3n) is 1.85. The van der Waals surface area contributed by atoms with E-state index in [0.29, 0.717) is 5.02 Å². The van der Waals surface area contributed by atoms with E-state index in [9.17, 15) is 4.79 Å². The minimum absolute atomic E-state index is 0.647. The summed E-state index contributed by atoms with van der Waals surface area (Å²) in [6.45, 7) is 0. The van der Waals surface area contributed by atoms with Gasteiger partial charge in [-0.05, 0) is 29.8 Å². The molecule has 1 aromatic rings. The van der Waals surface area contributed by atoms with Crippen LogP contribution < -0.4 is 4.90 Å². The fourth-order valence-corrected chi connectivity index (χ4v) is 1.26. The number of benzene rings is 1. The van der Waals surface area contributed by atoms with E-state index in [4.69, 9.17) is 11.6 Å². The molecule has 0 fully saturated rings. The normalized spacial score (nSPS) is 10.5. The summed E-state index contributed by atoms with van der Waals surface area (Å²) >= 11 is 5.95. The lowest BCUT2D eigenvalue weighted by Gasteiger charge is -2.13. The Bertz CT molecular complexity index is 358. The number of aldehydes is 1. The first-order valence-corrected chi connectivity index (χ1v) is 4.61. The molecule has 0 aromatic heterocycles. The van der Waals surface area contributed by atoms with Crippen LogP contribution in [0.1, 0.15) is 5.56 Å². The van der Waals surface area contributed by atoms with Gasteiger partial charge in [0.15, 0.2) is 0 Å². The third kappa shape index (κ3) is 2.60. The van der Waals surface area contributed by atoms with Crippen molar-refractivity contribution in [3.8, 4) is 0 Å². The second kappa shape index (κ2) is 4.82. The van der Waals surface area contributed by atoms with Gasteiger partial charge in [-0.2, -0.15) is 0 Å². The van der Waals surface area contributed by atoms with Gasteiger partial charge in [0.2, 0.25) is 0 Å². The minimum Gasteiger partial charge on any atom is -0.378 e. The molecule has 74 valence electrons. The highest BCUT2D eigenvalue weighted by Crippen LogP contribution is 2.22. The average Bonchev–Trinajstić information content (AvgIpc) is 2.16. The highest BCUT2D eigenvalue weighted by atomic mass is 35.5. The van der Waals surface area contributed by atoms with E-state index in [1.54, 1.807) is 6.08 Å². The molecule has 0 spiro atoms. The zero-order chi connectivity index (χ0) is 10.6. The van der Waals surface area contributed by atoms with Gasteiger partial charge in [-0.1, -0.05) is 17.7 Å². The molecule has 0 N–H and O–H groups in total. The molecular weight excluding hydrogens is 198 g/mol. The van der Waals surface area contributed by atoms with E-state index in [-0.39, 0.29) is 0 Å². The maximum absolute atomic E-state index is 10.2. The molecular formula is C11H12ClNO. The number of allylic oxidation sites excluding steroid dienone is 1. The molecule has 0 saturated carbocycles. The maximum Gasteiger partial charge on any atom is 0.142 e. The number of anilines is 1. The first-order valence-electron chi connectivity index (χ1n) is 4.24. The predicted octanol–water partition coefficient (Wildman–Crippen LogP) is 2.62. The van der Waals surface area contributed by atoms with Crippen LogP contribution in [0.2, 0.25) is 5.02 Å². The van der Waals surface area contributed by atoms with E-state index in [1.807, 2.05) is 37.2 Å². The number of nitrogens with zero attached hydrogens (tertiary/aromatic N) is 1. The lowest BCUT2D eigenvalue weighted by molar-refractivity contribution is -0.104. The van der Waals surface area contributed by atoms with Crippen molar-refractivity contribution in [2.45, 2.75) is 0 Å². The van der Waals surface area contributed by atoms with Gasteiger partial charge in [0.25, 0.3) is 0 Å². The van der Waals surface area contributed by atoms with Gasteiger partial charge in [-0.3, -0.25) is 4.79 Å². The summed E-state index contributed by atoms with van der Waals surface area (Å²) in [6, 6.07) is 5.68. The average molecular weight is 210 g/mol. The summed E-state index contributed by atoms with van der Waals surface area (Å²) in [4.78, 5) is 12.1. The highest BCUT2D eigenvalue weighted by Gasteiger charge is 2.00. The Kier molecular flexibility index (Phi) is 3.72. The minimum atomic E-state index is 0.647. The summed E-state index contributed by atoms with van der Waals surface area (Å²) in [5.41, 5.74) is 1.91. The Morgan fingerprint density at radius 3 is 2.64 bits per heavy atom. The molecule has 0 heterocycles. The van der Waals surface area contributed by atoms with Crippen LogP contribution in [0.3, 0.4) is 0 Å². The van der Waals surface area contributed by atoms with E-state index in [0.717, 1.165) is 17.5 Å². The third-order valence-corrected chi connectivity index (χ3v) is 2.19. The molecule has 0 aliphatic carbocycles. The van der Waals surface area contributed by atoms with Crippen LogP contribution in [0, 0.1) is 0 Å². The molecule has 1 rings (SSSR count). The van der Waals surface area contributed by atoms with Crippen LogP contribution in [-0.2, 0) is 4.79 Å². The molecule has 0 unspecified atom stereocenters. The second-order valence-corrected chi connectivity index (χ2v) is 3.50. The van der Waals surface area contributed by atoms with Gasteiger partial charge in [0.05, 0.1) is 0 Å². The van der Waals surface area contributed by atoms with Crippen LogP contribution in [0.25, 0.3) is 6.08 Å². The van der Waals surface area contributed by atoms with Crippen molar-refractivity contribution in [3.63, 3.8) is 0 Å². The second-order valence-electron chi connectivity index (χ2n) is 3.10. The quantitative estimate of drug-likeness (QED) is 0.564. The van der Waals surface area contributed by atoms with Gasteiger partial charge < -0.3 is 4.90 Å². The number of halogens is 1. The molecule has 0 amide bonds. The number of carbonyl (C=O) groups excluding carboxylic acids is 1. The Morgan fingerprint density at radius 2 is 2.07 bits per heavy atom. The Hall–Kier alpha value is -1.28. The number of hydrogen-bond acceptors (Lipinski definition) is 2. The summed E-state index contributed by atoms with van der Waals surface area (Å²) in [6.07, 6.45) is 3.86. The SMILES string of the molecule is CN(C)c1ccc(Cl)c(C=CC=O)c1. The number of carbonyl (C=O) groups is 1. The lowest BCUT2D eigenvalue weighted by Crippen LogP contribution is -2.08. The molecule has 14 heavy (non-hydrogen) atoms. The topological polar surface area (TPSA) is 20.3 Å². The van der Waals surface area contributed by atoms with Gasteiger partial charge in [0, 0.05) is 24.8 Å². The molecule has 0 radical (unpaired) electrons. The Labute approximate surface area is 88.8 Å². The molecule has 3 heteroatoms. The van der Waals surface area contributed by atoms with Gasteiger partial charge >= 0.3 is 0 Å².